The van der Waals surface area contributed by atoms with Crippen molar-refractivity contribution in [2.75, 3.05) is 23.7 Å². The van der Waals surface area contributed by atoms with Gasteiger partial charge in [0.05, 0.1) is 0 Å². The van der Waals surface area contributed by atoms with E-state index < -0.39 is 0 Å². The van der Waals surface area contributed by atoms with Crippen molar-refractivity contribution in [2.24, 2.45) is 0 Å². The number of nitrogens with two attached hydrogens (primary N) is 1. The van der Waals surface area contributed by atoms with Crippen LogP contribution in [-0.4, -0.2) is 25.0 Å². The number of carbonyl (C=O) groups is 1. The lowest BCUT2D eigenvalue weighted by molar-refractivity contribution is -0.122. The van der Waals surface area contributed by atoms with Crippen molar-refractivity contribution in [3.63, 3.8) is 0 Å². The van der Waals surface area contributed by atoms with E-state index in [0.717, 1.165) is 37.3 Å². The molecule has 0 aliphatic rings. The van der Waals surface area contributed by atoms with E-state index in [4.69, 9.17) is 5.73 Å². The molecule has 19 heavy (non-hydrogen) atoms. The molecular weight excluding hydrogens is 238 g/mol. The molecule has 0 radical (unpaired) electrons. The largest absolute Gasteiger partial charge is 0.399 e. The summed E-state index contributed by atoms with van der Waals surface area (Å²) in [5, 5.41) is 2.95. The van der Waals surface area contributed by atoms with E-state index in [1.54, 1.807) is 0 Å². The van der Waals surface area contributed by atoms with E-state index in [2.05, 4.69) is 24.1 Å². The predicted octanol–water partition coefficient (Wildman–Crippen LogP) is 2.40. The third-order valence-corrected chi connectivity index (χ3v) is 3.09. The minimum Gasteiger partial charge on any atom is -0.399 e. The molecule has 0 aromatic heterocycles. The number of nitrogens with one attached hydrogen (secondary N) is 1. The van der Waals surface area contributed by atoms with Crippen LogP contribution in [0.15, 0.2) is 24.3 Å². The van der Waals surface area contributed by atoms with Crippen LogP contribution in [-0.2, 0) is 4.79 Å². The highest BCUT2D eigenvalue weighted by molar-refractivity contribution is 5.84. The standard InChI is InChI=1S/C15H25N3O/c1-4-10-17-15(19)12(3)18(11-5-2)14-8-6-13(16)7-9-14/h6-9,12H,4-5,10-11,16H2,1-3H3,(H,17,19). The summed E-state index contributed by atoms with van der Waals surface area (Å²) in [7, 11) is 0. The van der Waals surface area contributed by atoms with Crippen molar-refractivity contribution in [1.82, 2.24) is 5.32 Å². The third kappa shape index (κ3) is 4.47. The number of carbonyl (C=O) groups excluding carboxylic acids is 1. The second-order valence-electron chi connectivity index (χ2n) is 4.75. The maximum Gasteiger partial charge on any atom is 0.242 e. The van der Waals surface area contributed by atoms with Gasteiger partial charge < -0.3 is 16.0 Å². The van der Waals surface area contributed by atoms with E-state index in [0.29, 0.717) is 0 Å². The summed E-state index contributed by atoms with van der Waals surface area (Å²) in [5.41, 5.74) is 7.48. The molecule has 4 nitrogen and oxygen atoms in total. The van der Waals surface area contributed by atoms with Crippen LogP contribution in [0.3, 0.4) is 0 Å². The van der Waals surface area contributed by atoms with Gasteiger partial charge in [0, 0.05) is 24.5 Å². The molecule has 0 aliphatic carbocycles. The molecule has 0 saturated carbocycles. The van der Waals surface area contributed by atoms with Crippen molar-refractivity contribution < 1.29 is 4.79 Å². The Hall–Kier alpha value is -1.71. The second kappa shape index (κ2) is 7.67. The first-order chi connectivity index (χ1) is 9.10. The Morgan fingerprint density at radius 2 is 1.89 bits per heavy atom. The number of hydrogen-bond donors (Lipinski definition) is 2. The first kappa shape index (κ1) is 15.3. The van der Waals surface area contributed by atoms with E-state index in [1.807, 2.05) is 31.2 Å². The second-order valence-corrected chi connectivity index (χ2v) is 4.75. The lowest BCUT2D eigenvalue weighted by Crippen LogP contribution is -2.45. The highest BCUT2D eigenvalue weighted by atomic mass is 16.2. The third-order valence-electron chi connectivity index (χ3n) is 3.09. The van der Waals surface area contributed by atoms with Crippen LogP contribution < -0.4 is 16.0 Å². The minimum absolute atomic E-state index is 0.0760. The van der Waals surface area contributed by atoms with E-state index in [9.17, 15) is 4.79 Å². The molecule has 0 fully saturated rings. The highest BCUT2D eigenvalue weighted by Crippen LogP contribution is 2.19. The van der Waals surface area contributed by atoms with Crippen molar-refractivity contribution in [3.05, 3.63) is 24.3 Å². The van der Waals surface area contributed by atoms with Crippen LogP contribution in [0.2, 0.25) is 0 Å². The average Bonchev–Trinajstić information content (AvgIpc) is 2.42. The van der Waals surface area contributed by atoms with Gasteiger partial charge in [0.15, 0.2) is 0 Å². The van der Waals surface area contributed by atoms with E-state index in [1.165, 1.54) is 0 Å². The van der Waals surface area contributed by atoms with E-state index >= 15 is 0 Å². The topological polar surface area (TPSA) is 58.4 Å². The molecule has 3 N–H and O–H groups in total. The monoisotopic (exact) mass is 263 g/mol. The predicted molar refractivity (Wildman–Crippen MR) is 81.3 cm³/mol. The Morgan fingerprint density at radius 3 is 2.42 bits per heavy atom. The molecule has 0 saturated heterocycles. The van der Waals surface area contributed by atoms with Gasteiger partial charge in [-0.2, -0.15) is 0 Å². The fourth-order valence-corrected chi connectivity index (χ4v) is 1.99. The average molecular weight is 263 g/mol. The van der Waals surface area contributed by atoms with Gasteiger partial charge in [-0.25, -0.2) is 0 Å². The molecule has 0 spiro atoms. The summed E-state index contributed by atoms with van der Waals surface area (Å²) in [6, 6.07) is 7.50. The Bertz CT molecular complexity index is 389. The van der Waals surface area contributed by atoms with Crippen LogP contribution in [0, 0.1) is 0 Å². The molecule has 0 aliphatic heterocycles. The normalized spacial score (nSPS) is 11.9. The Morgan fingerprint density at radius 1 is 1.26 bits per heavy atom. The Labute approximate surface area is 116 Å². The maximum absolute atomic E-state index is 12.1. The molecule has 1 aromatic rings. The van der Waals surface area contributed by atoms with Gasteiger partial charge in [-0.15, -0.1) is 0 Å². The summed E-state index contributed by atoms with van der Waals surface area (Å²) in [6.07, 6.45) is 1.95. The van der Waals surface area contributed by atoms with Crippen molar-refractivity contribution in [2.45, 2.75) is 39.7 Å². The first-order valence-corrected chi connectivity index (χ1v) is 7.00. The quantitative estimate of drug-likeness (QED) is 0.743. The number of hydrogen-bond acceptors (Lipinski definition) is 3. The maximum atomic E-state index is 12.1. The molecule has 1 atom stereocenters. The summed E-state index contributed by atoms with van der Waals surface area (Å²) in [6.45, 7) is 7.68. The van der Waals surface area contributed by atoms with Gasteiger partial charge in [-0.3, -0.25) is 4.79 Å². The van der Waals surface area contributed by atoms with Crippen molar-refractivity contribution in [1.29, 1.82) is 0 Å². The minimum atomic E-state index is -0.171. The number of amides is 1. The van der Waals surface area contributed by atoms with Crippen molar-refractivity contribution >= 4 is 17.3 Å². The van der Waals surface area contributed by atoms with Crippen molar-refractivity contribution in [3.8, 4) is 0 Å². The molecule has 1 rings (SSSR count). The molecule has 4 heteroatoms. The van der Waals surface area contributed by atoms with Crippen LogP contribution in [0.25, 0.3) is 0 Å². The molecule has 106 valence electrons. The zero-order chi connectivity index (χ0) is 14.3. The fourth-order valence-electron chi connectivity index (χ4n) is 1.99. The van der Waals surface area contributed by atoms with Gasteiger partial charge in [-0.05, 0) is 44.0 Å². The molecule has 0 bridgehead atoms. The number of benzene rings is 1. The Balaban J connectivity index is 2.81. The molecule has 0 heterocycles. The van der Waals surface area contributed by atoms with Crippen LogP contribution in [0.4, 0.5) is 11.4 Å². The van der Waals surface area contributed by atoms with Gasteiger partial charge in [0.1, 0.15) is 6.04 Å². The fraction of sp³-hybridized carbons (Fsp3) is 0.533. The van der Waals surface area contributed by atoms with Crippen LogP contribution in [0.5, 0.6) is 0 Å². The van der Waals surface area contributed by atoms with Gasteiger partial charge in [0.25, 0.3) is 0 Å². The zero-order valence-corrected chi connectivity index (χ0v) is 12.1. The van der Waals surface area contributed by atoms with Gasteiger partial charge >= 0.3 is 0 Å². The summed E-state index contributed by atoms with van der Waals surface area (Å²) in [4.78, 5) is 14.2. The number of rotatable bonds is 7. The molecule has 1 aromatic carbocycles. The van der Waals surface area contributed by atoms with Crippen LogP contribution >= 0.6 is 0 Å². The summed E-state index contributed by atoms with van der Waals surface area (Å²) in [5.74, 6) is 0.0760. The molecule has 1 unspecified atom stereocenters. The van der Waals surface area contributed by atoms with Gasteiger partial charge in [-0.1, -0.05) is 13.8 Å². The highest BCUT2D eigenvalue weighted by Gasteiger charge is 2.20. The van der Waals surface area contributed by atoms with Crippen LogP contribution in [0.1, 0.15) is 33.6 Å². The SMILES string of the molecule is CCCNC(=O)C(C)N(CCC)c1ccc(N)cc1. The summed E-state index contributed by atoms with van der Waals surface area (Å²) < 4.78 is 0. The van der Waals surface area contributed by atoms with E-state index in [-0.39, 0.29) is 11.9 Å². The molecular formula is C15H25N3O. The number of nitrogens with zero attached hydrogens (tertiary/aromatic N) is 1. The summed E-state index contributed by atoms with van der Waals surface area (Å²) >= 11 is 0. The van der Waals surface area contributed by atoms with Gasteiger partial charge in [0.2, 0.25) is 5.91 Å². The molecule has 1 amide bonds. The lowest BCUT2D eigenvalue weighted by Gasteiger charge is -2.30. The number of anilines is 2. The number of nitrogen functional groups attached to an aromatic ring is 1. The zero-order valence-electron chi connectivity index (χ0n) is 12.1. The first-order valence-electron chi connectivity index (χ1n) is 7.00. The smallest absolute Gasteiger partial charge is 0.242 e. The Kier molecular flexibility index (Phi) is 6.19. The lowest BCUT2D eigenvalue weighted by atomic mass is 10.2.